The van der Waals surface area contributed by atoms with Gasteiger partial charge in [-0.15, -0.1) is 0 Å². The monoisotopic (exact) mass is 468 g/mol. The minimum Gasteiger partial charge on any atom is -0.475 e. The molecule has 0 aliphatic rings. The summed E-state index contributed by atoms with van der Waals surface area (Å²) in [6, 6.07) is 3.61. The summed E-state index contributed by atoms with van der Waals surface area (Å²) in [6.45, 7) is 10.7. The number of nitrogens with two attached hydrogens (primary N) is 1. The number of pyridine rings is 1. The molecular formula is C19H29BrN6O3. The van der Waals surface area contributed by atoms with Crippen molar-refractivity contribution in [3.8, 4) is 5.88 Å². The predicted octanol–water partition coefficient (Wildman–Crippen LogP) is 2.31. The van der Waals surface area contributed by atoms with E-state index in [1.807, 2.05) is 11.0 Å². The molecule has 1 rings (SSSR count). The third-order valence-corrected chi connectivity index (χ3v) is 4.29. The Labute approximate surface area is 180 Å². The van der Waals surface area contributed by atoms with Gasteiger partial charge >= 0.3 is 0 Å². The van der Waals surface area contributed by atoms with Crippen LogP contribution in [-0.4, -0.2) is 66.3 Å². The number of hydrogen-bond donors (Lipinski definition) is 2. The van der Waals surface area contributed by atoms with Gasteiger partial charge in [0.25, 0.3) is 0 Å². The summed E-state index contributed by atoms with van der Waals surface area (Å²) in [5.41, 5.74) is 7.75. The minimum absolute atomic E-state index is 0.0656. The molecule has 0 aliphatic carbocycles. The Morgan fingerprint density at radius 1 is 1.31 bits per heavy atom. The van der Waals surface area contributed by atoms with Crippen LogP contribution in [0.1, 0.15) is 25.3 Å². The van der Waals surface area contributed by atoms with E-state index in [1.165, 1.54) is 0 Å². The second-order valence-corrected chi connectivity index (χ2v) is 6.32. The van der Waals surface area contributed by atoms with Crippen LogP contribution in [0.15, 0.2) is 44.8 Å². The number of aliphatic imine (C=N–C) groups is 3. The van der Waals surface area contributed by atoms with Crippen molar-refractivity contribution in [3.05, 3.63) is 35.4 Å². The highest BCUT2D eigenvalue weighted by Crippen LogP contribution is 2.19. The van der Waals surface area contributed by atoms with Crippen LogP contribution in [0.4, 0.5) is 0 Å². The molecule has 0 radical (unpaired) electrons. The zero-order valence-corrected chi connectivity index (χ0v) is 18.3. The van der Waals surface area contributed by atoms with Gasteiger partial charge in [-0.1, -0.05) is 35.3 Å². The Hall–Kier alpha value is -2.30. The molecule has 1 heterocycles. The lowest BCUT2D eigenvalue weighted by molar-refractivity contribution is 0.139. The van der Waals surface area contributed by atoms with E-state index < -0.39 is 0 Å². The van der Waals surface area contributed by atoms with Crippen LogP contribution >= 0.6 is 15.9 Å². The van der Waals surface area contributed by atoms with Crippen molar-refractivity contribution in [1.29, 1.82) is 0 Å². The van der Waals surface area contributed by atoms with Gasteiger partial charge in [0.05, 0.1) is 12.1 Å². The lowest BCUT2D eigenvalue weighted by Gasteiger charge is -2.23. The van der Waals surface area contributed by atoms with Crippen molar-refractivity contribution in [2.45, 2.75) is 26.3 Å². The summed E-state index contributed by atoms with van der Waals surface area (Å²) in [6.07, 6.45) is 3.70. The van der Waals surface area contributed by atoms with Crippen molar-refractivity contribution in [2.75, 3.05) is 32.0 Å². The smallest absolute Gasteiger partial charge is 0.213 e. The molecule has 3 N–H and O–H groups in total. The first-order chi connectivity index (χ1) is 14.1. The third-order valence-electron chi connectivity index (χ3n) is 3.69. The summed E-state index contributed by atoms with van der Waals surface area (Å²) in [7, 11) is 0. The molecular weight excluding hydrogens is 440 g/mol. The van der Waals surface area contributed by atoms with Crippen LogP contribution in [0.3, 0.4) is 0 Å². The fourth-order valence-electron chi connectivity index (χ4n) is 2.23. The highest BCUT2D eigenvalue weighted by Gasteiger charge is 2.16. The molecule has 0 bridgehead atoms. The number of rotatable bonds is 15. The van der Waals surface area contributed by atoms with E-state index in [-0.39, 0.29) is 25.8 Å². The van der Waals surface area contributed by atoms with E-state index in [0.717, 1.165) is 18.4 Å². The molecule has 0 amide bonds. The average molecular weight is 469 g/mol. The number of halogens is 1. The standard InChI is InChI=1S/C19H29BrN6O3/c1-4-5-9-28-14-25-18(21)17(22-2)19(23-3)26(13-20)12-15-6-7-16(24-11-15)29-10-8-27/h6-7,11,27H,2-5,8-10,12-14H2,1H3,(H2,21,25)/b19-17-. The first-order valence-electron chi connectivity index (χ1n) is 9.16. The highest BCUT2D eigenvalue weighted by atomic mass is 79.9. The molecule has 29 heavy (non-hydrogen) atoms. The Kier molecular flexibility index (Phi) is 12.5. The number of hydrogen-bond acceptors (Lipinski definition) is 8. The fraction of sp³-hybridized carbons (Fsp3) is 0.474. The van der Waals surface area contributed by atoms with Gasteiger partial charge in [-0.25, -0.2) is 15.0 Å². The number of unbranched alkanes of at least 4 members (excludes halogenated alkanes) is 1. The van der Waals surface area contributed by atoms with Crippen LogP contribution in [-0.2, 0) is 11.3 Å². The van der Waals surface area contributed by atoms with Gasteiger partial charge in [-0.3, -0.25) is 4.99 Å². The molecule has 1 aromatic rings. The summed E-state index contributed by atoms with van der Waals surface area (Å²) in [5, 5.41) is 8.81. The van der Waals surface area contributed by atoms with Crippen molar-refractivity contribution >= 4 is 35.2 Å². The zero-order chi connectivity index (χ0) is 21.5. The molecule has 1 aromatic heterocycles. The van der Waals surface area contributed by atoms with Crippen LogP contribution in [0.5, 0.6) is 5.88 Å². The number of alkyl halides is 1. The molecule has 0 fully saturated rings. The molecule has 0 aromatic carbocycles. The summed E-state index contributed by atoms with van der Waals surface area (Å²) in [4.78, 5) is 18.4. The van der Waals surface area contributed by atoms with Crippen LogP contribution in [0.2, 0.25) is 0 Å². The summed E-state index contributed by atoms with van der Waals surface area (Å²) >= 11 is 3.45. The highest BCUT2D eigenvalue weighted by molar-refractivity contribution is 9.09. The molecule has 0 aliphatic heterocycles. The van der Waals surface area contributed by atoms with Crippen molar-refractivity contribution in [2.24, 2.45) is 20.7 Å². The maximum Gasteiger partial charge on any atom is 0.213 e. The first-order valence-corrected chi connectivity index (χ1v) is 10.3. The summed E-state index contributed by atoms with van der Waals surface area (Å²) in [5.74, 6) is 1.06. The van der Waals surface area contributed by atoms with Crippen molar-refractivity contribution in [3.63, 3.8) is 0 Å². The van der Waals surface area contributed by atoms with Gasteiger partial charge in [0.2, 0.25) is 5.88 Å². The van der Waals surface area contributed by atoms with E-state index in [1.54, 1.807) is 12.3 Å². The molecule has 9 nitrogen and oxygen atoms in total. The Morgan fingerprint density at radius 2 is 2.10 bits per heavy atom. The lowest BCUT2D eigenvalue weighted by atomic mass is 10.2. The second kappa shape index (κ2) is 14.7. The molecule has 0 unspecified atom stereocenters. The average Bonchev–Trinajstić information content (AvgIpc) is 2.75. The molecule has 0 atom stereocenters. The number of ether oxygens (including phenoxy) is 2. The number of aliphatic hydroxyl groups is 1. The normalized spacial score (nSPS) is 12.3. The summed E-state index contributed by atoms with van der Waals surface area (Å²) < 4.78 is 10.7. The number of nitrogens with zero attached hydrogens (tertiary/aromatic N) is 5. The van der Waals surface area contributed by atoms with E-state index in [2.05, 4.69) is 56.2 Å². The van der Waals surface area contributed by atoms with Gasteiger partial charge in [-0.2, -0.15) is 0 Å². The van der Waals surface area contributed by atoms with Crippen molar-refractivity contribution < 1.29 is 14.6 Å². The van der Waals surface area contributed by atoms with E-state index in [9.17, 15) is 0 Å². The topological polar surface area (TPSA) is 118 Å². The molecule has 160 valence electrons. The largest absolute Gasteiger partial charge is 0.475 e. The van der Waals surface area contributed by atoms with Gasteiger partial charge < -0.3 is 25.2 Å². The first kappa shape index (κ1) is 24.7. The van der Waals surface area contributed by atoms with Gasteiger partial charge in [0.1, 0.15) is 19.0 Å². The van der Waals surface area contributed by atoms with E-state index >= 15 is 0 Å². The second-order valence-electron chi connectivity index (χ2n) is 5.82. The Balaban J connectivity index is 2.94. The predicted molar refractivity (Wildman–Crippen MR) is 120 cm³/mol. The maximum absolute atomic E-state index is 8.81. The number of amidine groups is 1. The molecule has 0 saturated carbocycles. The third kappa shape index (κ3) is 8.71. The van der Waals surface area contributed by atoms with Crippen LogP contribution in [0.25, 0.3) is 0 Å². The Bertz CT molecular complexity index is 694. The van der Waals surface area contributed by atoms with E-state index in [0.29, 0.717) is 36.0 Å². The maximum atomic E-state index is 8.81. The zero-order valence-electron chi connectivity index (χ0n) is 16.8. The van der Waals surface area contributed by atoms with Gasteiger partial charge in [0, 0.05) is 25.4 Å². The molecule has 0 spiro atoms. The number of aliphatic hydroxyl groups excluding tert-OH is 1. The fourth-order valence-corrected chi connectivity index (χ4v) is 2.64. The van der Waals surface area contributed by atoms with E-state index in [4.69, 9.17) is 20.3 Å². The minimum atomic E-state index is -0.0656. The SMILES string of the molecule is C=NC(=C(/N=C)N(CBr)Cc1ccc(OCCO)nc1)/C(N)=N\COCCCC. The number of aromatic nitrogens is 1. The Morgan fingerprint density at radius 3 is 2.66 bits per heavy atom. The molecule has 0 saturated heterocycles. The van der Waals surface area contributed by atoms with Crippen LogP contribution in [0, 0.1) is 0 Å². The quantitative estimate of drug-likeness (QED) is 0.134. The molecule has 10 heteroatoms. The van der Waals surface area contributed by atoms with Crippen LogP contribution < -0.4 is 10.5 Å². The van der Waals surface area contributed by atoms with Gasteiger partial charge in [0.15, 0.2) is 11.7 Å². The van der Waals surface area contributed by atoms with Gasteiger partial charge in [-0.05, 0) is 25.4 Å². The lowest BCUT2D eigenvalue weighted by Crippen LogP contribution is -2.26. The van der Waals surface area contributed by atoms with Crippen molar-refractivity contribution in [1.82, 2.24) is 9.88 Å².